The van der Waals surface area contributed by atoms with E-state index in [1.807, 2.05) is 0 Å². The maximum Gasteiger partial charge on any atom is 0.223 e. The van der Waals surface area contributed by atoms with Crippen molar-refractivity contribution in [3.8, 4) is 5.75 Å². The molecule has 0 aliphatic rings. The summed E-state index contributed by atoms with van der Waals surface area (Å²) in [5.74, 6) is 0.602. The molecular formula is C10H9N5O. The fourth-order valence-corrected chi connectivity index (χ4v) is 1.83. The van der Waals surface area contributed by atoms with Crippen LogP contribution in [-0.2, 0) is 0 Å². The van der Waals surface area contributed by atoms with Gasteiger partial charge in [0.15, 0.2) is 0 Å². The largest absolute Gasteiger partial charge is 0.508 e. The van der Waals surface area contributed by atoms with Gasteiger partial charge in [0.25, 0.3) is 0 Å². The highest BCUT2D eigenvalue weighted by Crippen LogP contribution is 2.30. The maximum absolute atomic E-state index is 9.43. The van der Waals surface area contributed by atoms with Gasteiger partial charge in [0.2, 0.25) is 5.95 Å². The normalized spacial score (nSPS) is 11.2. The standard InChI is InChI=1S/C10H9N5O/c11-8-7-5-3-4(16)1-2-6(5)13-9(7)15-10(12)14-8/h1-3,16H,(H5,11,12,13,14,15). The number of phenols is 1. The first-order valence-electron chi connectivity index (χ1n) is 4.68. The molecule has 6 nitrogen and oxygen atoms in total. The van der Waals surface area contributed by atoms with E-state index in [0.29, 0.717) is 16.9 Å². The molecule has 0 spiro atoms. The Morgan fingerprint density at radius 3 is 2.81 bits per heavy atom. The molecular weight excluding hydrogens is 206 g/mol. The van der Waals surface area contributed by atoms with Crippen molar-refractivity contribution in [3.05, 3.63) is 18.2 Å². The molecule has 0 amide bonds. The Hall–Kier alpha value is -2.50. The first-order valence-corrected chi connectivity index (χ1v) is 4.68. The summed E-state index contributed by atoms with van der Waals surface area (Å²) in [6.07, 6.45) is 0. The van der Waals surface area contributed by atoms with Crippen molar-refractivity contribution < 1.29 is 5.11 Å². The number of aromatic hydroxyl groups is 1. The molecule has 0 bridgehead atoms. The van der Waals surface area contributed by atoms with Crippen molar-refractivity contribution >= 4 is 33.7 Å². The number of nitrogens with two attached hydrogens (primary N) is 2. The molecule has 0 atom stereocenters. The highest BCUT2D eigenvalue weighted by atomic mass is 16.3. The number of hydrogen-bond acceptors (Lipinski definition) is 5. The first kappa shape index (κ1) is 8.78. The van der Waals surface area contributed by atoms with Crippen LogP contribution in [0, 0.1) is 0 Å². The summed E-state index contributed by atoms with van der Waals surface area (Å²) < 4.78 is 0. The molecule has 0 unspecified atom stereocenters. The van der Waals surface area contributed by atoms with Crippen molar-refractivity contribution in [1.82, 2.24) is 15.0 Å². The smallest absolute Gasteiger partial charge is 0.223 e. The number of rotatable bonds is 0. The molecule has 6 heteroatoms. The predicted octanol–water partition coefficient (Wildman–Crippen LogP) is 0.981. The second-order valence-corrected chi connectivity index (χ2v) is 3.55. The van der Waals surface area contributed by atoms with Crippen molar-refractivity contribution in [1.29, 1.82) is 0 Å². The highest BCUT2D eigenvalue weighted by molar-refractivity contribution is 6.11. The third-order valence-corrected chi connectivity index (χ3v) is 2.48. The number of hydrogen-bond donors (Lipinski definition) is 4. The van der Waals surface area contributed by atoms with E-state index < -0.39 is 0 Å². The summed E-state index contributed by atoms with van der Waals surface area (Å²) in [5, 5.41) is 10.9. The molecule has 3 rings (SSSR count). The Labute approximate surface area is 89.9 Å². The van der Waals surface area contributed by atoms with Crippen molar-refractivity contribution in [2.75, 3.05) is 11.5 Å². The number of nitrogens with one attached hydrogen (secondary N) is 1. The number of fused-ring (bicyclic) bond motifs is 3. The molecule has 2 heterocycles. The number of phenolic OH excluding ortho intramolecular Hbond substituents is 1. The van der Waals surface area contributed by atoms with Crippen LogP contribution in [-0.4, -0.2) is 20.1 Å². The van der Waals surface area contributed by atoms with Gasteiger partial charge in [0.05, 0.1) is 5.39 Å². The van der Waals surface area contributed by atoms with Crippen LogP contribution < -0.4 is 11.5 Å². The zero-order valence-corrected chi connectivity index (χ0v) is 8.23. The third kappa shape index (κ3) is 1.07. The summed E-state index contributed by atoms with van der Waals surface area (Å²) in [6, 6.07) is 4.96. The number of anilines is 2. The summed E-state index contributed by atoms with van der Waals surface area (Å²) >= 11 is 0. The van der Waals surface area contributed by atoms with E-state index in [-0.39, 0.29) is 11.7 Å². The van der Waals surface area contributed by atoms with E-state index in [9.17, 15) is 5.11 Å². The lowest BCUT2D eigenvalue weighted by Crippen LogP contribution is -1.99. The van der Waals surface area contributed by atoms with Gasteiger partial charge in [-0.05, 0) is 18.2 Å². The van der Waals surface area contributed by atoms with E-state index in [2.05, 4.69) is 15.0 Å². The molecule has 2 aromatic heterocycles. The fraction of sp³-hybridized carbons (Fsp3) is 0. The number of benzene rings is 1. The highest BCUT2D eigenvalue weighted by Gasteiger charge is 2.10. The molecule has 0 saturated heterocycles. The second-order valence-electron chi connectivity index (χ2n) is 3.55. The van der Waals surface area contributed by atoms with E-state index in [1.165, 1.54) is 0 Å². The van der Waals surface area contributed by atoms with Crippen molar-refractivity contribution in [2.24, 2.45) is 0 Å². The zero-order valence-electron chi connectivity index (χ0n) is 8.23. The number of aromatic nitrogens is 3. The molecule has 1 aromatic carbocycles. The fourth-order valence-electron chi connectivity index (χ4n) is 1.83. The van der Waals surface area contributed by atoms with Gasteiger partial charge in [-0.3, -0.25) is 0 Å². The van der Waals surface area contributed by atoms with Crippen LogP contribution in [0.5, 0.6) is 5.75 Å². The third-order valence-electron chi connectivity index (χ3n) is 2.48. The molecule has 6 N–H and O–H groups in total. The van der Waals surface area contributed by atoms with E-state index in [1.54, 1.807) is 18.2 Å². The lowest BCUT2D eigenvalue weighted by molar-refractivity contribution is 0.476. The molecule has 16 heavy (non-hydrogen) atoms. The lowest BCUT2D eigenvalue weighted by atomic mass is 10.2. The van der Waals surface area contributed by atoms with Crippen LogP contribution >= 0.6 is 0 Å². The summed E-state index contributed by atoms with van der Waals surface area (Å²) in [7, 11) is 0. The maximum atomic E-state index is 9.43. The van der Waals surface area contributed by atoms with E-state index >= 15 is 0 Å². The Morgan fingerprint density at radius 2 is 2.00 bits per heavy atom. The molecule has 80 valence electrons. The van der Waals surface area contributed by atoms with Gasteiger partial charge in [-0.15, -0.1) is 0 Å². The van der Waals surface area contributed by atoms with Gasteiger partial charge in [-0.1, -0.05) is 0 Å². The van der Waals surface area contributed by atoms with Crippen LogP contribution in [0.3, 0.4) is 0 Å². The van der Waals surface area contributed by atoms with Crippen LogP contribution in [0.1, 0.15) is 0 Å². The van der Waals surface area contributed by atoms with E-state index in [0.717, 1.165) is 10.9 Å². The molecule has 0 aliphatic carbocycles. The summed E-state index contributed by atoms with van der Waals surface area (Å²) in [6.45, 7) is 0. The molecule has 3 aromatic rings. The second kappa shape index (κ2) is 2.75. The number of nitrogens with zero attached hydrogens (tertiary/aromatic N) is 2. The quantitative estimate of drug-likeness (QED) is 0.446. The Balaban J connectivity index is 2.57. The topological polar surface area (TPSA) is 114 Å². The van der Waals surface area contributed by atoms with Crippen LogP contribution in [0.2, 0.25) is 0 Å². The number of H-pyrrole nitrogens is 1. The Kier molecular flexibility index (Phi) is 1.51. The van der Waals surface area contributed by atoms with Crippen LogP contribution in [0.4, 0.5) is 11.8 Å². The van der Waals surface area contributed by atoms with Gasteiger partial charge in [-0.2, -0.15) is 9.97 Å². The molecule has 0 aliphatic heterocycles. The van der Waals surface area contributed by atoms with Gasteiger partial charge in [0, 0.05) is 10.9 Å². The monoisotopic (exact) mass is 215 g/mol. The lowest BCUT2D eigenvalue weighted by Gasteiger charge is -1.97. The van der Waals surface area contributed by atoms with Gasteiger partial charge >= 0.3 is 0 Å². The first-order chi connectivity index (χ1) is 7.65. The number of aromatic amines is 1. The van der Waals surface area contributed by atoms with Gasteiger partial charge < -0.3 is 21.6 Å². The minimum Gasteiger partial charge on any atom is -0.508 e. The van der Waals surface area contributed by atoms with Gasteiger partial charge in [0.1, 0.15) is 17.2 Å². The average molecular weight is 215 g/mol. The minimum absolute atomic E-state index is 0.126. The molecule has 0 radical (unpaired) electrons. The van der Waals surface area contributed by atoms with Gasteiger partial charge in [-0.25, -0.2) is 0 Å². The van der Waals surface area contributed by atoms with Crippen molar-refractivity contribution in [3.63, 3.8) is 0 Å². The molecule has 0 saturated carbocycles. The predicted molar refractivity (Wildman–Crippen MR) is 61.9 cm³/mol. The summed E-state index contributed by atoms with van der Waals surface area (Å²) in [4.78, 5) is 11.0. The Morgan fingerprint density at radius 1 is 1.19 bits per heavy atom. The number of nitrogen functional groups attached to an aromatic ring is 2. The average Bonchev–Trinajstić information content (AvgIpc) is 2.54. The van der Waals surface area contributed by atoms with E-state index in [4.69, 9.17) is 11.5 Å². The molecule has 0 fully saturated rings. The zero-order chi connectivity index (χ0) is 11.3. The van der Waals surface area contributed by atoms with Crippen LogP contribution in [0.15, 0.2) is 18.2 Å². The Bertz CT molecular complexity index is 703. The van der Waals surface area contributed by atoms with Crippen LogP contribution in [0.25, 0.3) is 21.9 Å². The summed E-state index contributed by atoms with van der Waals surface area (Å²) in [5.41, 5.74) is 12.7. The minimum atomic E-state index is 0.126. The van der Waals surface area contributed by atoms with Crippen molar-refractivity contribution in [2.45, 2.75) is 0 Å². The SMILES string of the molecule is Nc1nc(N)c2c(n1)[nH]c1ccc(O)cc12.